The van der Waals surface area contributed by atoms with Gasteiger partial charge in [-0.25, -0.2) is 9.98 Å². The first kappa shape index (κ1) is 27.7. The number of rotatable bonds is 13. The first-order valence-corrected chi connectivity index (χ1v) is 13.0. The normalized spacial score (nSPS) is 17.6. The fourth-order valence-electron chi connectivity index (χ4n) is 3.42. The molecule has 30 heavy (non-hydrogen) atoms. The van der Waals surface area contributed by atoms with Crippen molar-refractivity contribution in [3.8, 4) is 0 Å². The Kier molecular flexibility index (Phi) is 11.1. The van der Waals surface area contributed by atoms with Crippen LogP contribution < -0.4 is 0 Å². The Hall–Kier alpha value is -0.360. The van der Waals surface area contributed by atoms with E-state index in [-0.39, 0.29) is 35.3 Å². The summed E-state index contributed by atoms with van der Waals surface area (Å²) in [4.78, 5) is 8.45. The van der Waals surface area contributed by atoms with Gasteiger partial charge < -0.3 is 0 Å². The molecule has 0 fully saturated rings. The summed E-state index contributed by atoms with van der Waals surface area (Å²) < 4.78 is 62.3. The van der Waals surface area contributed by atoms with Crippen LogP contribution in [-0.2, 0) is 20.2 Å². The third kappa shape index (κ3) is 7.08. The Morgan fingerprint density at radius 1 is 0.833 bits per heavy atom. The molecule has 0 aromatic heterocycles. The molecule has 0 spiro atoms. The van der Waals surface area contributed by atoms with E-state index >= 15 is 0 Å². The number of allylic oxidation sites excluding steroid dienone is 1. The zero-order valence-electron chi connectivity index (χ0n) is 17.7. The second-order valence-corrected chi connectivity index (χ2v) is 11.0. The van der Waals surface area contributed by atoms with Gasteiger partial charge in [-0.15, -0.1) is 0 Å². The van der Waals surface area contributed by atoms with Gasteiger partial charge in [-0.2, -0.15) is 16.8 Å². The van der Waals surface area contributed by atoms with E-state index in [1.165, 1.54) is 44.9 Å². The summed E-state index contributed by atoms with van der Waals surface area (Å²) in [5.41, 5.74) is 0.333. The van der Waals surface area contributed by atoms with Crippen LogP contribution in [0.5, 0.6) is 0 Å². The number of nitrogens with zero attached hydrogens (tertiary/aromatic N) is 2. The van der Waals surface area contributed by atoms with E-state index in [0.717, 1.165) is 31.4 Å². The first-order valence-electron chi connectivity index (χ1n) is 10.1. The van der Waals surface area contributed by atoms with Gasteiger partial charge in [-0.1, -0.05) is 64.7 Å². The molecule has 165 valence electrons. The van der Waals surface area contributed by atoms with Crippen LogP contribution in [0.25, 0.3) is 0 Å². The van der Waals surface area contributed by atoms with Crippen molar-refractivity contribution in [2.24, 2.45) is 9.98 Å². The molecule has 2 aliphatic rings. The fourth-order valence-corrected chi connectivity index (χ4v) is 5.48. The van der Waals surface area contributed by atoms with Gasteiger partial charge in [0.2, 0.25) is 0 Å². The van der Waals surface area contributed by atoms with Gasteiger partial charge in [-0.3, -0.25) is 9.11 Å². The van der Waals surface area contributed by atoms with Crippen LogP contribution in [0.2, 0.25) is 0 Å². The number of hydrogen-bond acceptors (Lipinski definition) is 6. The summed E-state index contributed by atoms with van der Waals surface area (Å²) in [7, 11) is -10.3. The number of fused-ring (bicyclic) bond motifs is 1. The van der Waals surface area contributed by atoms with Crippen molar-refractivity contribution in [1.82, 2.24) is 0 Å². The van der Waals surface area contributed by atoms with Crippen molar-refractivity contribution >= 4 is 61.3 Å². The van der Waals surface area contributed by atoms with Crippen molar-refractivity contribution < 1.29 is 25.9 Å². The van der Waals surface area contributed by atoms with Crippen LogP contribution >= 0.6 is 0 Å². The van der Waals surface area contributed by atoms with E-state index in [9.17, 15) is 25.9 Å². The van der Waals surface area contributed by atoms with Crippen LogP contribution in [0.3, 0.4) is 0 Å². The average Bonchev–Trinajstić information content (AvgIpc) is 3.03. The molecular weight excluding hydrogens is 439 g/mol. The quantitative estimate of drug-likeness (QED) is 0.240. The van der Waals surface area contributed by atoms with Gasteiger partial charge in [-0.05, 0) is 24.6 Å². The third-order valence-electron chi connectivity index (χ3n) is 5.13. The molecule has 8 nitrogen and oxygen atoms in total. The molecule has 1 aliphatic carbocycles. The molecule has 0 saturated carbocycles. The second-order valence-electron chi connectivity index (χ2n) is 7.49. The SMILES string of the molecule is CCCCCCCCCCCCC1=NC2=CC(S(=O)(=O)O)(S(=O)(=O)O)C=CC2=N1.[Na]. The van der Waals surface area contributed by atoms with Gasteiger partial charge >= 0.3 is 0 Å². The molecule has 2 N–H and O–H groups in total. The Morgan fingerprint density at radius 3 is 1.83 bits per heavy atom. The van der Waals surface area contributed by atoms with E-state index in [2.05, 4.69) is 16.9 Å². The predicted octanol–water partition coefficient (Wildman–Crippen LogP) is 3.70. The van der Waals surface area contributed by atoms with E-state index in [1.54, 1.807) is 0 Å². The molecule has 0 bridgehead atoms. The maximum atomic E-state index is 11.6. The molecular formula is C19H30N2NaO6S2. The molecule has 1 heterocycles. The molecule has 11 heteroatoms. The fraction of sp³-hybridized carbons (Fsp3) is 0.684. The van der Waals surface area contributed by atoms with Crippen LogP contribution in [0, 0.1) is 0 Å². The second kappa shape index (κ2) is 12.0. The van der Waals surface area contributed by atoms with Crippen molar-refractivity contribution in [3.63, 3.8) is 0 Å². The summed E-state index contributed by atoms with van der Waals surface area (Å²) in [5.74, 6) is 0.483. The third-order valence-corrected chi connectivity index (χ3v) is 8.52. The largest absolute Gasteiger partial charge is 0.295 e. The summed E-state index contributed by atoms with van der Waals surface area (Å²) >= 11 is 0. The van der Waals surface area contributed by atoms with Crippen LogP contribution in [-0.4, -0.2) is 71.1 Å². The smallest absolute Gasteiger partial charge is 0.284 e. The average molecular weight is 470 g/mol. The molecule has 2 rings (SSSR count). The van der Waals surface area contributed by atoms with Crippen LogP contribution in [0.4, 0.5) is 0 Å². The Bertz CT molecular complexity index is 889. The maximum absolute atomic E-state index is 11.6. The van der Waals surface area contributed by atoms with Gasteiger partial charge in [0.05, 0.1) is 11.4 Å². The summed E-state index contributed by atoms with van der Waals surface area (Å²) in [5, 5.41) is 0. The molecule has 0 atom stereocenters. The molecule has 0 aromatic carbocycles. The van der Waals surface area contributed by atoms with Crippen molar-refractivity contribution in [2.45, 2.75) is 81.6 Å². The monoisotopic (exact) mass is 469 g/mol. The number of hydrogen-bond donors (Lipinski definition) is 2. The molecule has 1 radical (unpaired) electrons. The molecule has 0 unspecified atom stereocenters. The number of aliphatic imine (C=N–C) groups is 2. The minimum atomic E-state index is -5.16. The molecule has 0 aromatic rings. The van der Waals surface area contributed by atoms with Gasteiger partial charge in [0, 0.05) is 36.0 Å². The van der Waals surface area contributed by atoms with E-state index in [4.69, 9.17) is 0 Å². The number of unbranched alkanes of at least 4 members (excludes halogenated alkanes) is 9. The summed E-state index contributed by atoms with van der Waals surface area (Å²) in [6.07, 6.45) is 15.1. The standard InChI is InChI=1S/C19H30N2O6S2.Na/c1-2-3-4-5-6-7-8-9-10-11-12-18-20-16-13-14-19(28(22,23)24,29(25,26)27)15-17(16)21-18;/h13-15H,2-12H2,1H3,(H,22,23,24)(H,25,26,27);. The first-order chi connectivity index (χ1) is 13.6. The molecule has 0 saturated heterocycles. The van der Waals surface area contributed by atoms with Crippen molar-refractivity contribution in [3.05, 3.63) is 23.9 Å². The minimum absolute atomic E-state index is 0. The zero-order chi connectivity index (χ0) is 21.5. The summed E-state index contributed by atoms with van der Waals surface area (Å²) in [6, 6.07) is 0. The van der Waals surface area contributed by atoms with Crippen molar-refractivity contribution in [2.75, 3.05) is 0 Å². The van der Waals surface area contributed by atoms with Crippen molar-refractivity contribution in [1.29, 1.82) is 0 Å². The number of amidine groups is 1. The van der Waals surface area contributed by atoms with Crippen LogP contribution in [0.15, 0.2) is 33.9 Å². The van der Waals surface area contributed by atoms with E-state index in [1.807, 2.05) is 0 Å². The maximum Gasteiger partial charge on any atom is 0.295 e. The van der Waals surface area contributed by atoms with Gasteiger partial charge in [0.1, 0.15) is 5.84 Å². The summed E-state index contributed by atoms with van der Waals surface area (Å²) in [6.45, 7) is 2.21. The van der Waals surface area contributed by atoms with Gasteiger partial charge in [0.25, 0.3) is 24.3 Å². The van der Waals surface area contributed by atoms with E-state index in [0.29, 0.717) is 24.0 Å². The Balaban J connectivity index is 0.00000450. The topological polar surface area (TPSA) is 133 Å². The Morgan fingerprint density at radius 2 is 1.33 bits per heavy atom. The zero-order valence-corrected chi connectivity index (χ0v) is 21.4. The minimum Gasteiger partial charge on any atom is -0.284 e. The van der Waals surface area contributed by atoms with Crippen LogP contribution in [0.1, 0.15) is 77.6 Å². The predicted molar refractivity (Wildman–Crippen MR) is 120 cm³/mol. The van der Waals surface area contributed by atoms with E-state index < -0.39 is 24.3 Å². The van der Waals surface area contributed by atoms with Gasteiger partial charge in [0.15, 0.2) is 0 Å². The molecule has 1 aliphatic heterocycles. The molecule has 0 amide bonds. The Labute approximate surface area is 201 Å².